The lowest BCUT2D eigenvalue weighted by molar-refractivity contribution is 0.0865. The van der Waals surface area contributed by atoms with Crippen LogP contribution < -0.4 is 0 Å². The van der Waals surface area contributed by atoms with Crippen LogP contribution in [0.1, 0.15) is 32.6 Å². The minimum atomic E-state index is 0.598. The van der Waals surface area contributed by atoms with Gasteiger partial charge in [0.25, 0.3) is 0 Å². The Morgan fingerprint density at radius 2 is 2.13 bits per heavy atom. The topological polar surface area (TPSA) is 3.24 Å². The molecule has 15 heavy (non-hydrogen) atoms. The lowest BCUT2D eigenvalue weighted by Gasteiger charge is -2.45. The van der Waals surface area contributed by atoms with E-state index < -0.39 is 0 Å². The van der Waals surface area contributed by atoms with Crippen LogP contribution in [0.5, 0.6) is 0 Å². The highest BCUT2D eigenvalue weighted by molar-refractivity contribution is 9.09. The van der Waals surface area contributed by atoms with Crippen LogP contribution in [0.4, 0.5) is 0 Å². The fourth-order valence-corrected chi connectivity index (χ4v) is 4.03. The van der Waals surface area contributed by atoms with Crippen LogP contribution in [-0.4, -0.2) is 41.9 Å². The van der Waals surface area contributed by atoms with E-state index in [1.807, 2.05) is 11.8 Å². The van der Waals surface area contributed by atoms with Gasteiger partial charge in [-0.2, -0.15) is 11.8 Å². The Bertz CT molecular complexity index is 177. The molecule has 0 aromatic rings. The summed E-state index contributed by atoms with van der Waals surface area (Å²) < 4.78 is 0. The van der Waals surface area contributed by atoms with E-state index in [0.29, 0.717) is 5.41 Å². The maximum Gasteiger partial charge on any atom is 0.0180 e. The van der Waals surface area contributed by atoms with Gasteiger partial charge in [-0.15, -0.1) is 0 Å². The normalized spacial score (nSPS) is 21.4. The van der Waals surface area contributed by atoms with E-state index in [-0.39, 0.29) is 0 Å². The molecule has 0 radical (unpaired) electrons. The minimum Gasteiger partial charge on any atom is -0.302 e. The molecule has 0 saturated heterocycles. The van der Waals surface area contributed by atoms with E-state index in [1.54, 1.807) is 0 Å². The molecule has 0 aromatic carbocycles. The van der Waals surface area contributed by atoms with Crippen molar-refractivity contribution in [3.63, 3.8) is 0 Å². The Balaban J connectivity index is 2.41. The highest BCUT2D eigenvalue weighted by atomic mass is 79.9. The molecule has 1 aliphatic rings. The van der Waals surface area contributed by atoms with Crippen LogP contribution in [-0.2, 0) is 0 Å². The smallest absolute Gasteiger partial charge is 0.0180 e. The maximum absolute atomic E-state index is 3.69. The molecule has 1 fully saturated rings. The Morgan fingerprint density at radius 1 is 1.47 bits per heavy atom. The number of nitrogens with zero attached hydrogens (tertiary/aromatic N) is 1. The summed E-state index contributed by atoms with van der Waals surface area (Å²) in [6, 6.07) is 0.761. The zero-order valence-electron chi connectivity index (χ0n) is 10.3. The number of thioether (sulfide) groups is 1. The first-order valence-electron chi connectivity index (χ1n) is 5.92. The Morgan fingerprint density at radius 3 is 2.47 bits per heavy atom. The molecular formula is C12H24BrNS. The molecule has 0 amide bonds. The number of rotatable bonds is 7. The second-order valence-corrected chi connectivity index (χ2v) is 6.39. The summed E-state index contributed by atoms with van der Waals surface area (Å²) in [4.78, 5) is 2.58. The third-order valence-corrected chi connectivity index (χ3v) is 5.64. The molecule has 0 aromatic heterocycles. The quantitative estimate of drug-likeness (QED) is 0.660. The summed E-state index contributed by atoms with van der Waals surface area (Å²) >= 11 is 5.66. The second-order valence-electron chi connectivity index (χ2n) is 4.92. The average molecular weight is 294 g/mol. The van der Waals surface area contributed by atoms with Crippen molar-refractivity contribution in [2.24, 2.45) is 5.41 Å². The van der Waals surface area contributed by atoms with Crippen LogP contribution in [0.3, 0.4) is 0 Å². The molecule has 1 aliphatic carbocycles. The molecule has 1 unspecified atom stereocenters. The van der Waals surface area contributed by atoms with Crippen molar-refractivity contribution in [3.05, 3.63) is 0 Å². The maximum atomic E-state index is 3.69. The number of hydrogen-bond acceptors (Lipinski definition) is 2. The first-order valence-corrected chi connectivity index (χ1v) is 8.44. The molecule has 1 nitrogen and oxygen atoms in total. The van der Waals surface area contributed by atoms with Gasteiger partial charge in [-0.3, -0.25) is 0 Å². The van der Waals surface area contributed by atoms with Crippen molar-refractivity contribution in [2.45, 2.75) is 38.6 Å². The van der Waals surface area contributed by atoms with E-state index >= 15 is 0 Å². The highest BCUT2D eigenvalue weighted by Gasteiger charge is 2.37. The van der Waals surface area contributed by atoms with Crippen molar-refractivity contribution in [2.75, 3.05) is 30.9 Å². The van der Waals surface area contributed by atoms with Crippen LogP contribution in [0, 0.1) is 5.41 Å². The fourth-order valence-electron chi connectivity index (χ4n) is 2.42. The fraction of sp³-hybridized carbons (Fsp3) is 1.00. The molecule has 90 valence electrons. The van der Waals surface area contributed by atoms with Crippen molar-refractivity contribution >= 4 is 27.7 Å². The van der Waals surface area contributed by atoms with Gasteiger partial charge in [0, 0.05) is 23.7 Å². The summed E-state index contributed by atoms with van der Waals surface area (Å²) in [5.74, 6) is 1.27. The molecule has 0 aliphatic heterocycles. The van der Waals surface area contributed by atoms with E-state index in [4.69, 9.17) is 0 Å². The molecule has 0 N–H and O–H groups in total. The van der Waals surface area contributed by atoms with Crippen molar-refractivity contribution in [1.82, 2.24) is 4.90 Å². The third kappa shape index (κ3) is 3.64. The van der Waals surface area contributed by atoms with E-state index in [2.05, 4.69) is 41.1 Å². The van der Waals surface area contributed by atoms with E-state index in [1.165, 1.54) is 43.3 Å². The van der Waals surface area contributed by atoms with Gasteiger partial charge in [-0.1, -0.05) is 29.3 Å². The van der Waals surface area contributed by atoms with Gasteiger partial charge >= 0.3 is 0 Å². The van der Waals surface area contributed by atoms with Gasteiger partial charge in [0.05, 0.1) is 0 Å². The minimum absolute atomic E-state index is 0.598. The molecule has 3 heteroatoms. The number of hydrogen-bond donors (Lipinski definition) is 0. The molecule has 1 atom stereocenters. The summed E-state index contributed by atoms with van der Waals surface area (Å²) in [6.07, 6.45) is 7.74. The first-order chi connectivity index (χ1) is 7.17. The largest absolute Gasteiger partial charge is 0.302 e. The SMILES string of the molecule is CCC(CSC)N(C)CC1(CBr)CCC1. The summed E-state index contributed by atoms with van der Waals surface area (Å²) in [5.41, 5.74) is 0.598. The second kappa shape index (κ2) is 6.51. The van der Waals surface area contributed by atoms with Gasteiger partial charge in [0.2, 0.25) is 0 Å². The van der Waals surface area contributed by atoms with Gasteiger partial charge in [-0.25, -0.2) is 0 Å². The lowest BCUT2D eigenvalue weighted by atomic mass is 9.70. The molecule has 0 spiro atoms. The van der Waals surface area contributed by atoms with Gasteiger partial charge in [0.1, 0.15) is 0 Å². The van der Waals surface area contributed by atoms with E-state index in [0.717, 1.165) is 6.04 Å². The number of halogens is 1. The van der Waals surface area contributed by atoms with Crippen molar-refractivity contribution < 1.29 is 0 Å². The lowest BCUT2D eigenvalue weighted by Crippen LogP contribution is -2.46. The number of alkyl halides is 1. The van der Waals surface area contributed by atoms with Crippen molar-refractivity contribution in [3.8, 4) is 0 Å². The molecular weight excluding hydrogens is 270 g/mol. The van der Waals surface area contributed by atoms with E-state index in [9.17, 15) is 0 Å². The molecule has 0 bridgehead atoms. The average Bonchev–Trinajstić information content (AvgIpc) is 2.19. The summed E-state index contributed by atoms with van der Waals surface area (Å²) in [7, 11) is 2.30. The standard InChI is InChI=1S/C12H24BrNS/c1-4-11(8-15-3)14(2)10-12(9-13)6-5-7-12/h11H,4-10H2,1-3H3. The molecule has 1 saturated carbocycles. The van der Waals surface area contributed by atoms with Crippen LogP contribution >= 0.6 is 27.7 Å². The van der Waals surface area contributed by atoms with Crippen LogP contribution in [0.15, 0.2) is 0 Å². The first kappa shape index (κ1) is 13.9. The Kier molecular flexibility index (Phi) is 6.01. The zero-order chi connectivity index (χ0) is 11.3. The van der Waals surface area contributed by atoms with Crippen molar-refractivity contribution in [1.29, 1.82) is 0 Å². The Hall–Kier alpha value is 0.790. The third-order valence-electron chi connectivity index (χ3n) is 3.74. The van der Waals surface area contributed by atoms with Gasteiger partial charge in [0.15, 0.2) is 0 Å². The Labute approximate surface area is 107 Å². The molecule has 0 heterocycles. The monoisotopic (exact) mass is 293 g/mol. The highest BCUT2D eigenvalue weighted by Crippen LogP contribution is 2.43. The van der Waals surface area contributed by atoms with Crippen LogP contribution in [0.25, 0.3) is 0 Å². The predicted octanol–water partition coefficient (Wildman–Crippen LogP) is 3.63. The summed E-state index contributed by atoms with van der Waals surface area (Å²) in [6.45, 7) is 3.58. The zero-order valence-corrected chi connectivity index (χ0v) is 12.7. The van der Waals surface area contributed by atoms with Gasteiger partial charge < -0.3 is 4.90 Å². The van der Waals surface area contributed by atoms with Gasteiger partial charge in [-0.05, 0) is 38.0 Å². The van der Waals surface area contributed by atoms with Crippen LogP contribution in [0.2, 0.25) is 0 Å². The summed E-state index contributed by atoms with van der Waals surface area (Å²) in [5, 5.41) is 1.18. The predicted molar refractivity (Wildman–Crippen MR) is 75.2 cm³/mol. The molecule has 1 rings (SSSR count).